The number of anilines is 1. The summed E-state index contributed by atoms with van der Waals surface area (Å²) >= 11 is 0. The van der Waals surface area contributed by atoms with Crippen molar-refractivity contribution in [2.75, 3.05) is 18.4 Å². The molecule has 0 aliphatic carbocycles. The molecule has 0 saturated carbocycles. The lowest BCUT2D eigenvalue weighted by Gasteiger charge is -2.24. The molecule has 2 aromatic carbocycles. The second-order valence-corrected chi connectivity index (χ2v) is 7.03. The Bertz CT molecular complexity index is 748. The van der Waals surface area contributed by atoms with Crippen molar-refractivity contribution in [2.24, 2.45) is 5.92 Å². The van der Waals surface area contributed by atoms with Gasteiger partial charge in [-0.05, 0) is 48.7 Å². The van der Waals surface area contributed by atoms with Crippen LogP contribution < -0.4 is 16.0 Å². The summed E-state index contributed by atoms with van der Waals surface area (Å²) < 4.78 is 12.9. The van der Waals surface area contributed by atoms with Crippen LogP contribution in [-0.4, -0.2) is 30.9 Å². The van der Waals surface area contributed by atoms with E-state index in [0.29, 0.717) is 37.4 Å². The molecule has 1 unspecified atom stereocenters. The minimum atomic E-state index is -0.380. The molecule has 0 radical (unpaired) electrons. The van der Waals surface area contributed by atoms with Crippen LogP contribution in [0.3, 0.4) is 0 Å². The summed E-state index contributed by atoms with van der Waals surface area (Å²) in [7, 11) is 0. The standard InChI is InChI=1S/C22H28FN3O2/c1-16(2)20(26-19-7-4-3-5-8-19)15-25-21(27)9-6-14-24-22(28)17-10-12-18(23)13-11-17/h3-5,7-8,10-13,16,20,26H,6,9,14-15H2,1-2H3,(H,24,28)(H,25,27). The number of rotatable bonds is 10. The summed E-state index contributed by atoms with van der Waals surface area (Å²) in [5.74, 6) is -0.339. The first-order chi connectivity index (χ1) is 13.5. The lowest BCUT2D eigenvalue weighted by molar-refractivity contribution is -0.121. The van der Waals surface area contributed by atoms with E-state index in [9.17, 15) is 14.0 Å². The van der Waals surface area contributed by atoms with Gasteiger partial charge in [0.05, 0.1) is 0 Å². The fourth-order valence-corrected chi connectivity index (χ4v) is 2.67. The van der Waals surface area contributed by atoms with Crippen LogP contribution in [0.5, 0.6) is 0 Å². The lowest BCUT2D eigenvalue weighted by Crippen LogP contribution is -2.39. The van der Waals surface area contributed by atoms with Gasteiger partial charge in [0.1, 0.15) is 5.82 Å². The molecular weight excluding hydrogens is 357 g/mol. The van der Waals surface area contributed by atoms with Crippen LogP contribution in [0.15, 0.2) is 54.6 Å². The molecular formula is C22H28FN3O2. The van der Waals surface area contributed by atoms with Gasteiger partial charge >= 0.3 is 0 Å². The minimum Gasteiger partial charge on any atom is -0.380 e. The molecule has 150 valence electrons. The maximum atomic E-state index is 12.9. The molecule has 2 aromatic rings. The highest BCUT2D eigenvalue weighted by Gasteiger charge is 2.14. The van der Waals surface area contributed by atoms with Crippen LogP contribution in [0.1, 0.15) is 37.0 Å². The fraction of sp³-hybridized carbons (Fsp3) is 0.364. The summed E-state index contributed by atoms with van der Waals surface area (Å²) in [6, 6.07) is 15.4. The molecule has 2 amide bonds. The molecule has 28 heavy (non-hydrogen) atoms. The second-order valence-electron chi connectivity index (χ2n) is 7.03. The molecule has 0 saturated heterocycles. The third kappa shape index (κ3) is 7.39. The monoisotopic (exact) mass is 385 g/mol. The van der Waals surface area contributed by atoms with Gasteiger partial charge in [0.25, 0.3) is 5.91 Å². The highest BCUT2D eigenvalue weighted by molar-refractivity contribution is 5.94. The van der Waals surface area contributed by atoms with Gasteiger partial charge in [0.15, 0.2) is 0 Å². The summed E-state index contributed by atoms with van der Waals surface area (Å²) in [5.41, 5.74) is 1.43. The fourth-order valence-electron chi connectivity index (χ4n) is 2.67. The van der Waals surface area contributed by atoms with Gasteiger partial charge in [-0.2, -0.15) is 0 Å². The Morgan fingerprint density at radius 2 is 1.64 bits per heavy atom. The van der Waals surface area contributed by atoms with Crippen LogP contribution in [0.2, 0.25) is 0 Å². The van der Waals surface area contributed by atoms with Crippen molar-refractivity contribution >= 4 is 17.5 Å². The van der Waals surface area contributed by atoms with E-state index in [1.165, 1.54) is 24.3 Å². The molecule has 0 aliphatic heterocycles. The molecule has 0 bridgehead atoms. The predicted molar refractivity (Wildman–Crippen MR) is 110 cm³/mol. The molecule has 6 heteroatoms. The molecule has 1 atom stereocenters. The molecule has 3 N–H and O–H groups in total. The summed E-state index contributed by atoms with van der Waals surface area (Å²) in [6.45, 7) is 5.14. The number of para-hydroxylation sites is 1. The van der Waals surface area contributed by atoms with Gasteiger partial charge in [-0.1, -0.05) is 32.0 Å². The average molecular weight is 385 g/mol. The number of hydrogen-bond donors (Lipinski definition) is 3. The van der Waals surface area contributed by atoms with Crippen LogP contribution in [0.4, 0.5) is 10.1 Å². The first kappa shape index (κ1) is 21.4. The Hall–Kier alpha value is -2.89. The van der Waals surface area contributed by atoms with Gasteiger partial charge < -0.3 is 16.0 Å². The zero-order valence-electron chi connectivity index (χ0n) is 16.4. The number of hydrogen-bond acceptors (Lipinski definition) is 3. The van der Waals surface area contributed by atoms with Gasteiger partial charge in [-0.25, -0.2) is 4.39 Å². The van der Waals surface area contributed by atoms with Crippen LogP contribution in [0.25, 0.3) is 0 Å². The van der Waals surface area contributed by atoms with E-state index in [1.54, 1.807) is 0 Å². The maximum absolute atomic E-state index is 12.9. The molecule has 0 fully saturated rings. The SMILES string of the molecule is CC(C)C(CNC(=O)CCCNC(=O)c1ccc(F)cc1)Nc1ccccc1. The van der Waals surface area contributed by atoms with Gasteiger partial charge in [-0.15, -0.1) is 0 Å². The lowest BCUT2D eigenvalue weighted by atomic mass is 10.0. The van der Waals surface area contributed by atoms with Crippen molar-refractivity contribution in [3.63, 3.8) is 0 Å². The Labute approximate surface area is 165 Å². The van der Waals surface area contributed by atoms with Gasteiger partial charge in [-0.3, -0.25) is 9.59 Å². The van der Waals surface area contributed by atoms with Crippen molar-refractivity contribution in [2.45, 2.75) is 32.7 Å². The van der Waals surface area contributed by atoms with Crippen molar-refractivity contribution < 1.29 is 14.0 Å². The first-order valence-corrected chi connectivity index (χ1v) is 9.57. The molecule has 0 aliphatic rings. The summed E-state index contributed by atoms with van der Waals surface area (Å²) in [6.07, 6.45) is 0.872. The molecule has 2 rings (SSSR count). The first-order valence-electron chi connectivity index (χ1n) is 9.57. The minimum absolute atomic E-state index is 0.0449. The summed E-state index contributed by atoms with van der Waals surface area (Å²) in [4.78, 5) is 24.0. The van der Waals surface area contributed by atoms with E-state index in [0.717, 1.165) is 5.69 Å². The zero-order chi connectivity index (χ0) is 20.4. The maximum Gasteiger partial charge on any atom is 0.251 e. The second kappa shape index (κ2) is 11.1. The molecule has 5 nitrogen and oxygen atoms in total. The number of amides is 2. The number of nitrogens with one attached hydrogen (secondary N) is 3. The highest BCUT2D eigenvalue weighted by atomic mass is 19.1. The third-order valence-corrected chi connectivity index (χ3v) is 4.42. The van der Waals surface area contributed by atoms with Crippen molar-refractivity contribution in [3.8, 4) is 0 Å². The number of carbonyl (C=O) groups is 2. The number of carbonyl (C=O) groups excluding carboxylic acids is 2. The van der Waals surface area contributed by atoms with E-state index < -0.39 is 0 Å². The van der Waals surface area contributed by atoms with E-state index in [-0.39, 0.29) is 23.7 Å². The highest BCUT2D eigenvalue weighted by Crippen LogP contribution is 2.11. The van der Waals surface area contributed by atoms with Crippen LogP contribution in [-0.2, 0) is 4.79 Å². The van der Waals surface area contributed by atoms with Gasteiger partial charge in [0, 0.05) is 36.8 Å². The van der Waals surface area contributed by atoms with E-state index in [1.807, 2.05) is 30.3 Å². The number of halogens is 1. The number of benzene rings is 2. The third-order valence-electron chi connectivity index (χ3n) is 4.42. The smallest absolute Gasteiger partial charge is 0.251 e. The van der Waals surface area contributed by atoms with E-state index >= 15 is 0 Å². The average Bonchev–Trinajstić information content (AvgIpc) is 2.69. The predicted octanol–water partition coefficient (Wildman–Crippen LogP) is 3.59. The van der Waals surface area contributed by atoms with Crippen LogP contribution in [0, 0.1) is 11.7 Å². The summed E-state index contributed by atoms with van der Waals surface area (Å²) in [5, 5.41) is 9.13. The normalized spacial score (nSPS) is 11.7. The quantitative estimate of drug-likeness (QED) is 0.548. The van der Waals surface area contributed by atoms with E-state index in [4.69, 9.17) is 0 Å². The molecule has 0 heterocycles. The van der Waals surface area contributed by atoms with E-state index in [2.05, 4.69) is 29.8 Å². The van der Waals surface area contributed by atoms with Crippen LogP contribution >= 0.6 is 0 Å². The molecule has 0 aromatic heterocycles. The van der Waals surface area contributed by atoms with Crippen molar-refractivity contribution in [3.05, 3.63) is 66.0 Å². The largest absolute Gasteiger partial charge is 0.380 e. The Morgan fingerprint density at radius 3 is 2.29 bits per heavy atom. The van der Waals surface area contributed by atoms with Crippen molar-refractivity contribution in [1.29, 1.82) is 0 Å². The topological polar surface area (TPSA) is 70.2 Å². The zero-order valence-corrected chi connectivity index (χ0v) is 16.4. The Kier molecular flexibility index (Phi) is 8.46. The van der Waals surface area contributed by atoms with Gasteiger partial charge in [0.2, 0.25) is 5.91 Å². The Balaban J connectivity index is 1.67. The Morgan fingerprint density at radius 1 is 0.964 bits per heavy atom. The molecule has 0 spiro atoms. The van der Waals surface area contributed by atoms with Crippen molar-refractivity contribution in [1.82, 2.24) is 10.6 Å².